The summed E-state index contributed by atoms with van der Waals surface area (Å²) >= 11 is 11.7. The molecule has 1 nitrogen and oxygen atoms in total. The van der Waals surface area contributed by atoms with E-state index in [-0.39, 0.29) is 17.1 Å². The first-order chi connectivity index (χ1) is 4.88. The molecule has 0 saturated heterocycles. The maximum atomic E-state index is 6.03. The molecule has 0 bridgehead atoms. The van der Waals surface area contributed by atoms with Gasteiger partial charge in [-0.05, 0) is 27.7 Å². The predicted molar refractivity (Wildman–Crippen MR) is 50.7 cm³/mol. The summed E-state index contributed by atoms with van der Waals surface area (Å²) in [7, 11) is 0. The molecule has 0 rings (SSSR count). The van der Waals surface area contributed by atoms with Crippen molar-refractivity contribution in [1.29, 1.82) is 0 Å². The summed E-state index contributed by atoms with van der Waals surface area (Å²) in [6.45, 7) is 7.76. The Kier molecular flexibility index (Phi) is 4.76. The number of halogens is 2. The second-order valence-corrected chi connectivity index (χ2v) is 4.67. The monoisotopic (exact) mass is 198 g/mol. The molecule has 0 aliphatic heterocycles. The van der Waals surface area contributed by atoms with Crippen molar-refractivity contribution in [2.45, 2.75) is 44.8 Å². The van der Waals surface area contributed by atoms with E-state index in [1.165, 1.54) is 0 Å². The molecule has 0 saturated carbocycles. The summed E-state index contributed by atoms with van der Waals surface area (Å²) < 4.78 is 5.50. The van der Waals surface area contributed by atoms with E-state index in [4.69, 9.17) is 27.9 Å². The van der Waals surface area contributed by atoms with Gasteiger partial charge in [-0.3, -0.25) is 0 Å². The zero-order valence-electron chi connectivity index (χ0n) is 7.53. The van der Waals surface area contributed by atoms with Gasteiger partial charge in [0.1, 0.15) is 0 Å². The zero-order valence-corrected chi connectivity index (χ0v) is 9.04. The van der Waals surface area contributed by atoms with Crippen molar-refractivity contribution >= 4 is 23.2 Å². The number of alkyl halides is 2. The molecule has 0 aliphatic rings. The fraction of sp³-hybridized carbons (Fsp3) is 1.00. The lowest BCUT2D eigenvalue weighted by molar-refractivity contribution is 0.00329. The Morgan fingerprint density at radius 1 is 1.36 bits per heavy atom. The maximum absolute atomic E-state index is 6.03. The van der Waals surface area contributed by atoms with Crippen molar-refractivity contribution in [2.75, 3.05) is 5.88 Å². The SMILES string of the molecule is CC(C)OC(CCl)C(C)(C)Cl. The summed E-state index contributed by atoms with van der Waals surface area (Å²) in [6.07, 6.45) is 0.0996. The molecule has 0 aromatic carbocycles. The minimum absolute atomic E-state index is 0.0779. The van der Waals surface area contributed by atoms with Crippen LogP contribution in [-0.4, -0.2) is 23.0 Å². The Labute approximate surface area is 79.0 Å². The molecule has 0 N–H and O–H groups in total. The van der Waals surface area contributed by atoms with Crippen LogP contribution in [0.4, 0.5) is 0 Å². The first kappa shape index (κ1) is 11.5. The van der Waals surface area contributed by atoms with Crippen molar-refractivity contribution in [3.05, 3.63) is 0 Å². The highest BCUT2D eigenvalue weighted by molar-refractivity contribution is 6.25. The topological polar surface area (TPSA) is 9.23 Å². The van der Waals surface area contributed by atoms with Crippen LogP contribution in [0.3, 0.4) is 0 Å². The third kappa shape index (κ3) is 4.89. The zero-order chi connectivity index (χ0) is 9.07. The van der Waals surface area contributed by atoms with Gasteiger partial charge in [0.15, 0.2) is 0 Å². The molecule has 1 unspecified atom stereocenters. The summed E-state index contributed by atoms with van der Waals surface area (Å²) in [5.74, 6) is 0.439. The average Bonchev–Trinajstić information content (AvgIpc) is 1.79. The highest BCUT2D eigenvalue weighted by atomic mass is 35.5. The minimum atomic E-state index is -0.383. The summed E-state index contributed by atoms with van der Waals surface area (Å²) in [5.41, 5.74) is 0. The molecule has 11 heavy (non-hydrogen) atoms. The van der Waals surface area contributed by atoms with Crippen LogP contribution < -0.4 is 0 Å². The van der Waals surface area contributed by atoms with E-state index in [9.17, 15) is 0 Å². The molecule has 68 valence electrons. The molecule has 0 fully saturated rings. The van der Waals surface area contributed by atoms with Gasteiger partial charge < -0.3 is 4.74 Å². The summed E-state index contributed by atoms with van der Waals surface area (Å²) in [6, 6.07) is 0. The molecular formula is C8H16Cl2O. The standard InChI is InChI=1S/C8H16Cl2O/c1-6(2)11-7(5-9)8(3,4)10/h6-7H,5H2,1-4H3. The van der Waals surface area contributed by atoms with Crippen LogP contribution in [0, 0.1) is 0 Å². The van der Waals surface area contributed by atoms with Crippen molar-refractivity contribution in [2.24, 2.45) is 0 Å². The molecule has 0 aromatic heterocycles. The van der Waals surface area contributed by atoms with Crippen molar-refractivity contribution in [1.82, 2.24) is 0 Å². The van der Waals surface area contributed by atoms with Crippen LogP contribution in [0.15, 0.2) is 0 Å². The van der Waals surface area contributed by atoms with E-state index in [0.29, 0.717) is 5.88 Å². The third-order valence-electron chi connectivity index (χ3n) is 1.34. The summed E-state index contributed by atoms with van der Waals surface area (Å²) in [4.78, 5) is -0.383. The van der Waals surface area contributed by atoms with Crippen molar-refractivity contribution < 1.29 is 4.74 Å². The number of hydrogen-bond acceptors (Lipinski definition) is 1. The lowest BCUT2D eigenvalue weighted by Crippen LogP contribution is -2.36. The van der Waals surface area contributed by atoms with Crippen LogP contribution in [0.1, 0.15) is 27.7 Å². The van der Waals surface area contributed by atoms with Crippen LogP contribution >= 0.6 is 23.2 Å². The van der Waals surface area contributed by atoms with Crippen molar-refractivity contribution in [3.8, 4) is 0 Å². The quantitative estimate of drug-likeness (QED) is 0.632. The van der Waals surface area contributed by atoms with Gasteiger partial charge in [-0.1, -0.05) is 0 Å². The van der Waals surface area contributed by atoms with Crippen LogP contribution in [0.25, 0.3) is 0 Å². The maximum Gasteiger partial charge on any atom is 0.0899 e. The van der Waals surface area contributed by atoms with E-state index in [0.717, 1.165) is 0 Å². The Balaban J connectivity index is 3.96. The number of hydrogen-bond donors (Lipinski definition) is 0. The van der Waals surface area contributed by atoms with Gasteiger partial charge in [-0.15, -0.1) is 23.2 Å². The van der Waals surface area contributed by atoms with Crippen LogP contribution in [0.5, 0.6) is 0 Å². The van der Waals surface area contributed by atoms with E-state index in [1.807, 2.05) is 27.7 Å². The van der Waals surface area contributed by atoms with Gasteiger partial charge in [0.25, 0.3) is 0 Å². The average molecular weight is 199 g/mol. The third-order valence-corrected chi connectivity index (χ3v) is 1.87. The van der Waals surface area contributed by atoms with Crippen molar-refractivity contribution in [3.63, 3.8) is 0 Å². The fourth-order valence-corrected chi connectivity index (χ4v) is 1.38. The fourth-order valence-electron chi connectivity index (χ4n) is 0.710. The minimum Gasteiger partial charge on any atom is -0.373 e. The Hall–Kier alpha value is 0.540. The summed E-state index contributed by atoms with van der Waals surface area (Å²) in [5, 5.41) is 0. The molecule has 0 aliphatic carbocycles. The van der Waals surface area contributed by atoms with Crippen LogP contribution in [-0.2, 0) is 4.74 Å². The Morgan fingerprint density at radius 3 is 1.91 bits per heavy atom. The molecule has 0 heterocycles. The van der Waals surface area contributed by atoms with Gasteiger partial charge in [-0.2, -0.15) is 0 Å². The first-order valence-electron chi connectivity index (χ1n) is 3.78. The van der Waals surface area contributed by atoms with Gasteiger partial charge in [0.2, 0.25) is 0 Å². The van der Waals surface area contributed by atoms with Gasteiger partial charge in [0.05, 0.1) is 23.0 Å². The second-order valence-electron chi connectivity index (χ2n) is 3.39. The van der Waals surface area contributed by atoms with Gasteiger partial charge >= 0.3 is 0 Å². The molecule has 0 radical (unpaired) electrons. The van der Waals surface area contributed by atoms with E-state index < -0.39 is 0 Å². The molecule has 3 heteroatoms. The molecule has 0 aromatic rings. The Bertz CT molecular complexity index is 107. The van der Waals surface area contributed by atoms with Crippen LogP contribution in [0.2, 0.25) is 0 Å². The lowest BCUT2D eigenvalue weighted by atomic mass is 10.1. The smallest absolute Gasteiger partial charge is 0.0899 e. The van der Waals surface area contributed by atoms with E-state index in [2.05, 4.69) is 0 Å². The number of rotatable bonds is 4. The number of ether oxygens (including phenoxy) is 1. The second kappa shape index (κ2) is 4.54. The predicted octanol–water partition coefficient (Wildman–Crippen LogP) is 3.04. The highest BCUT2D eigenvalue weighted by Crippen LogP contribution is 2.23. The highest BCUT2D eigenvalue weighted by Gasteiger charge is 2.27. The van der Waals surface area contributed by atoms with E-state index >= 15 is 0 Å². The Morgan fingerprint density at radius 2 is 1.82 bits per heavy atom. The van der Waals surface area contributed by atoms with E-state index in [1.54, 1.807) is 0 Å². The molecule has 0 spiro atoms. The molecular weight excluding hydrogens is 183 g/mol. The molecule has 0 amide bonds. The molecule has 1 atom stereocenters. The van der Waals surface area contributed by atoms with Gasteiger partial charge in [0, 0.05) is 0 Å². The lowest BCUT2D eigenvalue weighted by Gasteiger charge is -2.28. The first-order valence-corrected chi connectivity index (χ1v) is 4.69. The largest absolute Gasteiger partial charge is 0.373 e. The van der Waals surface area contributed by atoms with Gasteiger partial charge in [-0.25, -0.2) is 0 Å². The normalized spacial score (nSPS) is 15.5.